The van der Waals surface area contributed by atoms with Gasteiger partial charge in [0.05, 0.1) is 13.2 Å². The summed E-state index contributed by atoms with van der Waals surface area (Å²) < 4.78 is 1.39. The lowest BCUT2D eigenvalue weighted by Gasteiger charge is -1.73. The molecular formula is C3H4N3. The predicted octanol–water partition coefficient (Wildman–Crippen LogP) is -0.0822. The van der Waals surface area contributed by atoms with Crippen molar-refractivity contribution in [2.75, 3.05) is 0 Å². The second-order valence-corrected chi connectivity index (χ2v) is 0.943. The Labute approximate surface area is 35.6 Å². The zero-order valence-corrected chi connectivity index (χ0v) is 3.20. The lowest BCUT2D eigenvalue weighted by atomic mass is 10.9. The van der Waals surface area contributed by atoms with Crippen molar-refractivity contribution in [1.82, 2.24) is 15.0 Å². The van der Waals surface area contributed by atoms with E-state index >= 15 is 0 Å². The van der Waals surface area contributed by atoms with Gasteiger partial charge in [-0.15, -0.1) is 5.10 Å². The molecule has 0 unspecified atom stereocenters. The maximum absolute atomic E-state index is 3.47. The summed E-state index contributed by atoms with van der Waals surface area (Å²) in [6, 6.07) is 0. The van der Waals surface area contributed by atoms with Gasteiger partial charge in [-0.2, -0.15) is 0 Å². The molecule has 0 atom stereocenters. The van der Waals surface area contributed by atoms with Crippen LogP contribution in [-0.2, 0) is 0 Å². The van der Waals surface area contributed by atoms with Gasteiger partial charge in [-0.25, -0.2) is 0 Å². The van der Waals surface area contributed by atoms with E-state index in [1.807, 2.05) is 0 Å². The molecule has 0 aromatic carbocycles. The monoisotopic (exact) mass is 82.0 g/mol. The van der Waals surface area contributed by atoms with Gasteiger partial charge >= 0.3 is 0 Å². The highest BCUT2D eigenvalue weighted by atomic mass is 15.4. The summed E-state index contributed by atoms with van der Waals surface area (Å²) in [5.74, 6) is 0. The van der Waals surface area contributed by atoms with E-state index in [1.165, 1.54) is 4.68 Å². The Kier molecular flexibility index (Phi) is 0.602. The fourth-order valence-corrected chi connectivity index (χ4v) is 0.233. The quantitative estimate of drug-likeness (QED) is 0.438. The second-order valence-electron chi connectivity index (χ2n) is 0.943. The van der Waals surface area contributed by atoms with Crippen molar-refractivity contribution in [1.29, 1.82) is 0 Å². The van der Waals surface area contributed by atoms with Crippen molar-refractivity contribution in [3.05, 3.63) is 19.4 Å². The third-order valence-electron chi connectivity index (χ3n) is 0.472. The summed E-state index contributed by atoms with van der Waals surface area (Å²) in [5.41, 5.74) is 0. The Hall–Kier alpha value is -0.860. The van der Waals surface area contributed by atoms with Crippen LogP contribution in [0, 0.1) is 7.05 Å². The molecule has 0 amide bonds. The lowest BCUT2D eigenvalue weighted by Crippen LogP contribution is -1.82. The SMILES string of the molecule is [CH2]n1ccnn1. The topological polar surface area (TPSA) is 30.7 Å². The van der Waals surface area contributed by atoms with Crippen LogP contribution in [0.3, 0.4) is 0 Å². The van der Waals surface area contributed by atoms with Crippen molar-refractivity contribution in [2.45, 2.75) is 0 Å². The van der Waals surface area contributed by atoms with Crippen LogP contribution in [0.2, 0.25) is 0 Å². The summed E-state index contributed by atoms with van der Waals surface area (Å²) >= 11 is 0. The van der Waals surface area contributed by atoms with Crippen LogP contribution in [-0.4, -0.2) is 15.0 Å². The third kappa shape index (κ3) is 0.381. The highest BCUT2D eigenvalue weighted by Crippen LogP contribution is 1.68. The van der Waals surface area contributed by atoms with Gasteiger partial charge in [-0.1, -0.05) is 5.21 Å². The van der Waals surface area contributed by atoms with Crippen LogP contribution in [0.1, 0.15) is 0 Å². The number of hydrogen-bond acceptors (Lipinski definition) is 2. The van der Waals surface area contributed by atoms with Crippen LogP contribution < -0.4 is 0 Å². The number of rotatable bonds is 0. The minimum atomic E-state index is 1.39. The highest BCUT2D eigenvalue weighted by molar-refractivity contribution is 4.63. The molecule has 1 aromatic heterocycles. The van der Waals surface area contributed by atoms with Crippen LogP contribution in [0.5, 0.6) is 0 Å². The summed E-state index contributed by atoms with van der Waals surface area (Å²) in [7, 11) is 3.42. The molecule has 0 bridgehead atoms. The summed E-state index contributed by atoms with van der Waals surface area (Å²) in [5, 5.41) is 6.94. The van der Waals surface area contributed by atoms with E-state index in [0.717, 1.165) is 0 Å². The van der Waals surface area contributed by atoms with Gasteiger partial charge < -0.3 is 0 Å². The fraction of sp³-hybridized carbons (Fsp3) is 0. The van der Waals surface area contributed by atoms with Crippen LogP contribution >= 0.6 is 0 Å². The molecule has 1 heterocycles. The molecule has 0 spiro atoms. The van der Waals surface area contributed by atoms with E-state index in [4.69, 9.17) is 0 Å². The Bertz CT molecular complexity index is 110. The lowest BCUT2D eigenvalue weighted by molar-refractivity contribution is 0.799. The molecule has 0 N–H and O–H groups in total. The molecule has 0 aliphatic rings. The van der Waals surface area contributed by atoms with Crippen molar-refractivity contribution < 1.29 is 0 Å². The van der Waals surface area contributed by atoms with Crippen molar-refractivity contribution in [2.24, 2.45) is 0 Å². The molecule has 6 heavy (non-hydrogen) atoms. The summed E-state index contributed by atoms with van der Waals surface area (Å²) in [6.45, 7) is 0. The molecule has 31 valence electrons. The Balaban J connectivity index is 3.05. The number of hydrogen-bond donors (Lipinski definition) is 0. The van der Waals surface area contributed by atoms with Gasteiger partial charge in [0.15, 0.2) is 0 Å². The standard InChI is InChI=1S/C3H4N3/c1-6-3-2-4-5-6/h2-3H,1H2. The van der Waals surface area contributed by atoms with Gasteiger partial charge in [-0.3, -0.25) is 4.68 Å². The number of aromatic nitrogens is 3. The Morgan fingerprint density at radius 3 is 2.67 bits per heavy atom. The molecule has 0 aliphatic carbocycles. The van der Waals surface area contributed by atoms with Gasteiger partial charge in [0.2, 0.25) is 0 Å². The first-order valence-corrected chi connectivity index (χ1v) is 1.57. The van der Waals surface area contributed by atoms with E-state index in [1.54, 1.807) is 12.4 Å². The molecule has 0 fully saturated rings. The Morgan fingerprint density at radius 2 is 2.50 bits per heavy atom. The smallest absolute Gasteiger partial charge is 0.0692 e. The normalized spacial score (nSPS) is 8.83. The summed E-state index contributed by atoms with van der Waals surface area (Å²) in [4.78, 5) is 0. The van der Waals surface area contributed by atoms with Crippen LogP contribution in [0.25, 0.3) is 0 Å². The molecule has 1 aromatic rings. The highest BCUT2D eigenvalue weighted by Gasteiger charge is 1.71. The number of nitrogens with zero attached hydrogens (tertiary/aromatic N) is 3. The molecular weight excluding hydrogens is 78.1 g/mol. The van der Waals surface area contributed by atoms with E-state index in [0.29, 0.717) is 0 Å². The van der Waals surface area contributed by atoms with Gasteiger partial charge in [-0.05, 0) is 0 Å². The molecule has 1 rings (SSSR count). The average Bonchev–Trinajstić information content (AvgIpc) is 1.86. The van der Waals surface area contributed by atoms with Crippen LogP contribution in [0.4, 0.5) is 0 Å². The van der Waals surface area contributed by atoms with Gasteiger partial charge in [0, 0.05) is 6.20 Å². The minimum absolute atomic E-state index is 1.39. The average molecular weight is 82.1 g/mol. The second kappa shape index (κ2) is 1.08. The largest absolute Gasteiger partial charge is 0.251 e. The summed E-state index contributed by atoms with van der Waals surface area (Å²) in [6.07, 6.45) is 3.24. The molecule has 0 saturated carbocycles. The van der Waals surface area contributed by atoms with E-state index < -0.39 is 0 Å². The molecule has 3 heteroatoms. The van der Waals surface area contributed by atoms with Gasteiger partial charge in [0.25, 0.3) is 0 Å². The van der Waals surface area contributed by atoms with Crippen molar-refractivity contribution in [3.8, 4) is 0 Å². The zero-order chi connectivity index (χ0) is 4.41. The minimum Gasteiger partial charge on any atom is -0.251 e. The molecule has 1 radical (unpaired) electrons. The Morgan fingerprint density at radius 1 is 1.67 bits per heavy atom. The first-order chi connectivity index (χ1) is 2.89. The van der Waals surface area contributed by atoms with Crippen molar-refractivity contribution in [3.63, 3.8) is 0 Å². The van der Waals surface area contributed by atoms with E-state index in [-0.39, 0.29) is 0 Å². The first kappa shape index (κ1) is 3.33. The van der Waals surface area contributed by atoms with Crippen LogP contribution in [0.15, 0.2) is 12.4 Å². The fourth-order valence-electron chi connectivity index (χ4n) is 0.233. The zero-order valence-electron chi connectivity index (χ0n) is 3.20. The molecule has 0 saturated heterocycles. The molecule has 0 aliphatic heterocycles. The van der Waals surface area contributed by atoms with E-state index in [9.17, 15) is 0 Å². The maximum Gasteiger partial charge on any atom is 0.0692 e. The first-order valence-electron chi connectivity index (χ1n) is 1.57. The van der Waals surface area contributed by atoms with Crippen molar-refractivity contribution >= 4 is 0 Å². The van der Waals surface area contributed by atoms with E-state index in [2.05, 4.69) is 17.4 Å². The van der Waals surface area contributed by atoms with Gasteiger partial charge in [0.1, 0.15) is 0 Å². The third-order valence-corrected chi connectivity index (χ3v) is 0.472. The molecule has 3 nitrogen and oxygen atoms in total. The maximum atomic E-state index is 3.47. The predicted molar refractivity (Wildman–Crippen MR) is 20.8 cm³/mol.